The first kappa shape index (κ1) is 15.7. The summed E-state index contributed by atoms with van der Waals surface area (Å²) < 4.78 is 21.9. The minimum Gasteiger partial charge on any atom is -0.318 e. The van der Waals surface area contributed by atoms with Crippen LogP contribution in [0.1, 0.15) is 5.56 Å². The van der Waals surface area contributed by atoms with Gasteiger partial charge in [-0.2, -0.15) is 11.8 Å². The number of rotatable bonds is 7. The number of nitrogen functional groups attached to an aromatic ring is 1. The lowest BCUT2D eigenvalue weighted by Crippen LogP contribution is -2.09. The Morgan fingerprint density at radius 3 is 2.68 bits per heavy atom. The molecule has 0 heterocycles. The van der Waals surface area contributed by atoms with Crippen molar-refractivity contribution >= 4 is 33.0 Å². The quantitative estimate of drug-likeness (QED) is 0.336. The van der Waals surface area contributed by atoms with Crippen molar-refractivity contribution < 1.29 is 13.3 Å². The number of nitrogens with two attached hydrogens (primary N) is 1. The maximum absolute atomic E-state index is 10.9. The summed E-state index contributed by atoms with van der Waals surface area (Å²) >= 11 is 1.45. The van der Waals surface area contributed by atoms with Crippen LogP contribution >= 0.6 is 11.8 Å². The Morgan fingerprint density at radius 1 is 1.47 bits per heavy atom. The van der Waals surface area contributed by atoms with Crippen LogP contribution in [0.2, 0.25) is 0 Å². The van der Waals surface area contributed by atoms with E-state index in [1.165, 1.54) is 24.1 Å². The first-order valence-corrected chi connectivity index (χ1v) is 8.54. The lowest BCUT2D eigenvalue weighted by atomic mass is 10.2. The summed E-state index contributed by atoms with van der Waals surface area (Å²) in [4.78, 5) is 10.2. The van der Waals surface area contributed by atoms with Crippen molar-refractivity contribution in [3.05, 3.63) is 33.9 Å². The molecule has 0 amide bonds. The summed E-state index contributed by atoms with van der Waals surface area (Å²) in [5.41, 5.74) is 3.28. The first-order chi connectivity index (χ1) is 8.83. The second-order valence-electron chi connectivity index (χ2n) is 3.94. The molecule has 1 aromatic rings. The molecule has 0 aliphatic heterocycles. The van der Waals surface area contributed by atoms with Gasteiger partial charge in [0.15, 0.2) is 0 Å². The number of nitro benzene ring substituents is 1. The number of anilines is 1. The van der Waals surface area contributed by atoms with Crippen molar-refractivity contribution in [3.8, 4) is 0 Å². The fourth-order valence-corrected chi connectivity index (χ4v) is 3.59. The van der Waals surface area contributed by atoms with Crippen LogP contribution in [0.4, 0.5) is 11.4 Å². The van der Waals surface area contributed by atoms with E-state index in [9.17, 15) is 18.5 Å². The zero-order valence-corrected chi connectivity index (χ0v) is 12.0. The molecule has 0 saturated heterocycles. The van der Waals surface area contributed by atoms with Gasteiger partial charge in [-0.15, -0.1) is 0 Å². The third-order valence-corrected chi connectivity index (χ3v) is 4.51. The summed E-state index contributed by atoms with van der Waals surface area (Å²) in [6.07, 6.45) is 1.19. The molecule has 106 valence electrons. The molecular formula is C10H15N3O4S2. The van der Waals surface area contributed by atoms with E-state index in [1.807, 2.05) is 0 Å². The van der Waals surface area contributed by atoms with E-state index < -0.39 is 14.8 Å². The van der Waals surface area contributed by atoms with Gasteiger partial charge >= 0.3 is 0 Å². The predicted octanol–water partition coefficient (Wildman–Crippen LogP) is 1.16. The third kappa shape index (κ3) is 5.45. The normalized spacial score (nSPS) is 11.3. The molecule has 9 heteroatoms. The number of hydrogen-bond acceptors (Lipinski definition) is 7. The van der Waals surface area contributed by atoms with Crippen molar-refractivity contribution in [1.29, 1.82) is 0 Å². The molecule has 0 fully saturated rings. The average molecular weight is 305 g/mol. The molecule has 0 spiro atoms. The highest BCUT2D eigenvalue weighted by atomic mass is 32.2. The molecule has 0 aliphatic carbocycles. The van der Waals surface area contributed by atoms with Crippen molar-refractivity contribution in [3.63, 3.8) is 0 Å². The van der Waals surface area contributed by atoms with Gasteiger partial charge in [-0.05, 0) is 11.6 Å². The number of thioether (sulfide) groups is 1. The Balaban J connectivity index is 2.63. The van der Waals surface area contributed by atoms with E-state index in [4.69, 9.17) is 5.84 Å². The number of hydrazine groups is 1. The summed E-state index contributed by atoms with van der Waals surface area (Å²) in [5.74, 6) is 6.41. The molecule has 3 N–H and O–H groups in total. The van der Waals surface area contributed by atoms with Gasteiger partial charge in [0.25, 0.3) is 5.69 Å². The summed E-state index contributed by atoms with van der Waals surface area (Å²) in [6.45, 7) is 0. The molecule has 19 heavy (non-hydrogen) atoms. The highest BCUT2D eigenvalue weighted by molar-refractivity contribution is 7.99. The highest BCUT2D eigenvalue weighted by Gasteiger charge is 2.13. The monoisotopic (exact) mass is 305 g/mol. The second kappa shape index (κ2) is 6.73. The SMILES string of the molecule is CS(=O)(=O)CCSCc1ccc([N+](=O)[O-])c(NN)c1. The van der Waals surface area contributed by atoms with Crippen LogP contribution in [-0.4, -0.2) is 31.1 Å². The molecule has 0 unspecified atom stereocenters. The Morgan fingerprint density at radius 2 is 2.16 bits per heavy atom. The van der Waals surface area contributed by atoms with Gasteiger partial charge in [0.2, 0.25) is 0 Å². The average Bonchev–Trinajstić information content (AvgIpc) is 2.33. The van der Waals surface area contributed by atoms with Crippen LogP contribution < -0.4 is 11.3 Å². The highest BCUT2D eigenvalue weighted by Crippen LogP contribution is 2.26. The van der Waals surface area contributed by atoms with E-state index in [1.54, 1.807) is 12.1 Å². The summed E-state index contributed by atoms with van der Waals surface area (Å²) in [7, 11) is -2.95. The number of nitro groups is 1. The Bertz CT molecular complexity index is 560. The van der Waals surface area contributed by atoms with Gasteiger partial charge in [0.05, 0.1) is 10.7 Å². The van der Waals surface area contributed by atoms with Crippen LogP contribution in [0.15, 0.2) is 18.2 Å². The van der Waals surface area contributed by atoms with Gasteiger partial charge in [0, 0.05) is 23.8 Å². The number of nitrogens with zero attached hydrogens (tertiary/aromatic N) is 1. The van der Waals surface area contributed by atoms with Crippen LogP contribution in [-0.2, 0) is 15.6 Å². The number of benzene rings is 1. The molecule has 1 aromatic carbocycles. The number of sulfone groups is 1. The van der Waals surface area contributed by atoms with Gasteiger partial charge < -0.3 is 5.43 Å². The first-order valence-electron chi connectivity index (χ1n) is 5.33. The van der Waals surface area contributed by atoms with Crippen LogP contribution in [0.5, 0.6) is 0 Å². The van der Waals surface area contributed by atoms with E-state index in [-0.39, 0.29) is 17.1 Å². The van der Waals surface area contributed by atoms with Crippen molar-refractivity contribution in [1.82, 2.24) is 0 Å². The summed E-state index contributed by atoms with van der Waals surface area (Å²) in [6, 6.07) is 4.60. The van der Waals surface area contributed by atoms with Crippen LogP contribution in [0.3, 0.4) is 0 Å². The molecule has 1 rings (SSSR count). The van der Waals surface area contributed by atoms with Gasteiger partial charge in [-0.3, -0.25) is 16.0 Å². The second-order valence-corrected chi connectivity index (χ2v) is 7.30. The van der Waals surface area contributed by atoms with Crippen molar-refractivity contribution in [2.45, 2.75) is 5.75 Å². The van der Waals surface area contributed by atoms with Crippen molar-refractivity contribution in [2.24, 2.45) is 5.84 Å². The minimum absolute atomic E-state index is 0.0904. The maximum atomic E-state index is 10.9. The molecule has 0 radical (unpaired) electrons. The van der Waals surface area contributed by atoms with E-state index >= 15 is 0 Å². The molecule has 7 nitrogen and oxygen atoms in total. The predicted molar refractivity (Wildman–Crippen MR) is 76.8 cm³/mol. The minimum atomic E-state index is -2.95. The zero-order chi connectivity index (χ0) is 14.5. The molecule has 0 saturated carbocycles. The smallest absolute Gasteiger partial charge is 0.293 e. The fraction of sp³-hybridized carbons (Fsp3) is 0.400. The van der Waals surface area contributed by atoms with Crippen LogP contribution in [0, 0.1) is 10.1 Å². The van der Waals surface area contributed by atoms with Gasteiger partial charge in [0.1, 0.15) is 15.5 Å². The van der Waals surface area contributed by atoms with Crippen molar-refractivity contribution in [2.75, 3.05) is 23.2 Å². The maximum Gasteiger partial charge on any atom is 0.293 e. The Labute approximate surface area is 115 Å². The summed E-state index contributed by atoms with van der Waals surface area (Å²) in [5, 5.41) is 10.7. The Kier molecular flexibility index (Phi) is 5.58. The van der Waals surface area contributed by atoms with Gasteiger partial charge in [-0.1, -0.05) is 6.07 Å². The van der Waals surface area contributed by atoms with E-state index in [0.29, 0.717) is 11.5 Å². The molecular weight excluding hydrogens is 290 g/mol. The standard InChI is InChI=1S/C10H15N3O4S2/c1-19(16,17)5-4-18-7-8-2-3-10(13(14)15)9(6-8)12-11/h2-3,6,12H,4-5,7,11H2,1H3. The molecule has 0 atom stereocenters. The van der Waals surface area contributed by atoms with E-state index in [0.717, 1.165) is 5.56 Å². The number of nitrogens with one attached hydrogen (secondary N) is 1. The molecule has 0 aromatic heterocycles. The van der Waals surface area contributed by atoms with Crippen LogP contribution in [0.25, 0.3) is 0 Å². The lowest BCUT2D eigenvalue weighted by molar-refractivity contribution is -0.384. The number of hydrogen-bond donors (Lipinski definition) is 2. The fourth-order valence-electron chi connectivity index (χ4n) is 1.35. The van der Waals surface area contributed by atoms with Gasteiger partial charge in [-0.25, -0.2) is 8.42 Å². The molecule has 0 bridgehead atoms. The third-order valence-electron chi connectivity index (χ3n) is 2.28. The topological polar surface area (TPSA) is 115 Å². The zero-order valence-electron chi connectivity index (χ0n) is 10.3. The Hall–Kier alpha value is -1.32. The lowest BCUT2D eigenvalue weighted by Gasteiger charge is -2.05. The largest absolute Gasteiger partial charge is 0.318 e. The van der Waals surface area contributed by atoms with E-state index in [2.05, 4.69) is 5.43 Å². The molecule has 0 aliphatic rings.